The van der Waals surface area contributed by atoms with Gasteiger partial charge in [-0.05, 0) is 43.7 Å². The number of hydrogen-bond acceptors (Lipinski definition) is 2. The van der Waals surface area contributed by atoms with E-state index in [2.05, 4.69) is 24.1 Å². The van der Waals surface area contributed by atoms with Crippen molar-refractivity contribution in [3.63, 3.8) is 0 Å². The lowest BCUT2D eigenvalue weighted by Gasteiger charge is -2.41. The summed E-state index contributed by atoms with van der Waals surface area (Å²) in [5.41, 5.74) is 0. The van der Waals surface area contributed by atoms with Crippen LogP contribution in [0.15, 0.2) is 0 Å². The molecule has 0 aromatic rings. The molecule has 0 aromatic carbocycles. The molecule has 0 amide bonds. The molecule has 1 saturated carbocycles. The second kappa shape index (κ2) is 6.75. The van der Waals surface area contributed by atoms with Crippen LogP contribution in [-0.4, -0.2) is 37.6 Å². The normalized spacial score (nSPS) is 30.5. The molecule has 0 radical (unpaired) electrons. The Balaban J connectivity index is 1.62. The predicted octanol–water partition coefficient (Wildman–Crippen LogP) is 2.74. The number of nitrogens with one attached hydrogen (secondary N) is 1. The maximum atomic E-state index is 3.56. The van der Waals surface area contributed by atoms with Crippen LogP contribution in [0.5, 0.6) is 0 Å². The lowest BCUT2D eigenvalue weighted by Crippen LogP contribution is -2.44. The zero-order valence-corrected chi connectivity index (χ0v) is 11.8. The molecule has 2 rings (SSSR count). The van der Waals surface area contributed by atoms with E-state index >= 15 is 0 Å². The summed E-state index contributed by atoms with van der Waals surface area (Å²) in [4.78, 5) is 2.69. The fraction of sp³-hybridized carbons (Fsp3) is 1.00. The molecule has 17 heavy (non-hydrogen) atoms. The molecule has 2 heteroatoms. The highest BCUT2D eigenvalue weighted by Crippen LogP contribution is 2.35. The van der Waals surface area contributed by atoms with Crippen LogP contribution >= 0.6 is 0 Å². The van der Waals surface area contributed by atoms with Crippen LogP contribution in [0.3, 0.4) is 0 Å². The third kappa shape index (κ3) is 4.26. The molecule has 1 heterocycles. The topological polar surface area (TPSA) is 15.3 Å². The zero-order chi connectivity index (χ0) is 12.1. The van der Waals surface area contributed by atoms with Gasteiger partial charge in [-0.1, -0.05) is 33.1 Å². The molecular weight excluding hydrogens is 208 g/mol. The molecule has 1 aliphatic heterocycles. The summed E-state index contributed by atoms with van der Waals surface area (Å²) in [6, 6.07) is 0. The number of hydrogen-bond donors (Lipinski definition) is 1. The summed E-state index contributed by atoms with van der Waals surface area (Å²) in [5.74, 6) is 2.88. The lowest BCUT2D eigenvalue weighted by atomic mass is 9.75. The Morgan fingerprint density at radius 3 is 2.65 bits per heavy atom. The quantitative estimate of drug-likeness (QED) is 0.741. The average Bonchev–Trinajstić information content (AvgIpc) is 2.34. The summed E-state index contributed by atoms with van der Waals surface area (Å²) in [6.45, 7) is 10.9. The first-order valence-corrected chi connectivity index (χ1v) is 7.69. The Bertz CT molecular complexity index is 215. The van der Waals surface area contributed by atoms with Crippen molar-refractivity contribution in [1.29, 1.82) is 0 Å². The van der Waals surface area contributed by atoms with E-state index in [4.69, 9.17) is 0 Å². The molecule has 2 atom stereocenters. The summed E-state index contributed by atoms with van der Waals surface area (Å²) < 4.78 is 0. The smallest absolute Gasteiger partial charge is 0.0107 e. The van der Waals surface area contributed by atoms with Crippen LogP contribution in [0.4, 0.5) is 0 Å². The number of likely N-dealkylation sites (tertiary alicyclic amines) is 1. The van der Waals surface area contributed by atoms with Gasteiger partial charge in [0.05, 0.1) is 0 Å². The van der Waals surface area contributed by atoms with E-state index in [1.54, 1.807) is 0 Å². The van der Waals surface area contributed by atoms with E-state index in [0.29, 0.717) is 0 Å². The first-order chi connectivity index (χ1) is 8.25. The third-order valence-electron chi connectivity index (χ3n) is 4.53. The van der Waals surface area contributed by atoms with E-state index in [1.807, 2.05) is 0 Å². The van der Waals surface area contributed by atoms with Crippen molar-refractivity contribution in [2.45, 2.75) is 46.0 Å². The van der Waals surface area contributed by atoms with Gasteiger partial charge in [-0.25, -0.2) is 0 Å². The van der Waals surface area contributed by atoms with Gasteiger partial charge in [0.15, 0.2) is 0 Å². The maximum absolute atomic E-state index is 3.56. The minimum atomic E-state index is 0.777. The fourth-order valence-corrected chi connectivity index (χ4v) is 3.51. The number of rotatable bonds is 5. The summed E-state index contributed by atoms with van der Waals surface area (Å²) in [7, 11) is 0. The zero-order valence-electron chi connectivity index (χ0n) is 11.8. The number of piperidine rings is 1. The minimum absolute atomic E-state index is 0.777. The largest absolute Gasteiger partial charge is 0.315 e. The summed E-state index contributed by atoms with van der Waals surface area (Å²) in [6.07, 6.45) is 7.47. The molecule has 1 N–H and O–H groups in total. The number of nitrogens with zero attached hydrogens (tertiary/aromatic N) is 1. The van der Waals surface area contributed by atoms with Crippen LogP contribution in [0.25, 0.3) is 0 Å². The van der Waals surface area contributed by atoms with Gasteiger partial charge < -0.3 is 10.2 Å². The molecule has 2 nitrogen and oxygen atoms in total. The van der Waals surface area contributed by atoms with E-state index in [-0.39, 0.29) is 0 Å². The van der Waals surface area contributed by atoms with Crippen LogP contribution in [0.2, 0.25) is 0 Å². The minimum Gasteiger partial charge on any atom is -0.315 e. The van der Waals surface area contributed by atoms with Crippen molar-refractivity contribution >= 4 is 0 Å². The molecule has 2 aliphatic rings. The lowest BCUT2D eigenvalue weighted by molar-refractivity contribution is 0.0874. The SMILES string of the molecule is CC(C)CNCCN1CCC2CCCCC2C1. The molecule has 0 spiro atoms. The van der Waals surface area contributed by atoms with Gasteiger partial charge in [-0.3, -0.25) is 0 Å². The van der Waals surface area contributed by atoms with Crippen molar-refractivity contribution in [2.75, 3.05) is 32.7 Å². The van der Waals surface area contributed by atoms with Crippen molar-refractivity contribution in [3.05, 3.63) is 0 Å². The Morgan fingerprint density at radius 1 is 1.12 bits per heavy atom. The third-order valence-corrected chi connectivity index (χ3v) is 4.53. The summed E-state index contributed by atoms with van der Waals surface area (Å²) in [5, 5.41) is 3.56. The van der Waals surface area contributed by atoms with E-state index in [1.165, 1.54) is 64.8 Å². The van der Waals surface area contributed by atoms with Crippen LogP contribution in [0, 0.1) is 17.8 Å². The first-order valence-electron chi connectivity index (χ1n) is 7.69. The number of fused-ring (bicyclic) bond motifs is 1. The van der Waals surface area contributed by atoms with Gasteiger partial charge in [0.25, 0.3) is 0 Å². The van der Waals surface area contributed by atoms with Crippen molar-refractivity contribution in [1.82, 2.24) is 10.2 Å². The van der Waals surface area contributed by atoms with Gasteiger partial charge in [0.2, 0.25) is 0 Å². The van der Waals surface area contributed by atoms with Gasteiger partial charge >= 0.3 is 0 Å². The van der Waals surface area contributed by atoms with Crippen LogP contribution in [0.1, 0.15) is 46.0 Å². The molecule has 1 aliphatic carbocycles. The Kier molecular flexibility index (Phi) is 5.30. The molecule has 2 unspecified atom stereocenters. The van der Waals surface area contributed by atoms with Gasteiger partial charge in [-0.2, -0.15) is 0 Å². The van der Waals surface area contributed by atoms with Gasteiger partial charge in [-0.15, -0.1) is 0 Å². The van der Waals surface area contributed by atoms with E-state index < -0.39 is 0 Å². The van der Waals surface area contributed by atoms with E-state index in [9.17, 15) is 0 Å². The Labute approximate surface area is 107 Å². The van der Waals surface area contributed by atoms with E-state index in [0.717, 1.165) is 17.8 Å². The van der Waals surface area contributed by atoms with Crippen molar-refractivity contribution < 1.29 is 0 Å². The van der Waals surface area contributed by atoms with Gasteiger partial charge in [0.1, 0.15) is 0 Å². The molecule has 100 valence electrons. The molecule has 0 aromatic heterocycles. The molecule has 2 fully saturated rings. The Morgan fingerprint density at radius 2 is 1.88 bits per heavy atom. The highest BCUT2D eigenvalue weighted by Gasteiger charge is 2.30. The fourth-order valence-electron chi connectivity index (χ4n) is 3.51. The average molecular weight is 238 g/mol. The second-order valence-electron chi connectivity index (χ2n) is 6.49. The van der Waals surface area contributed by atoms with Crippen LogP contribution in [-0.2, 0) is 0 Å². The molecular formula is C15H30N2. The van der Waals surface area contributed by atoms with Crippen molar-refractivity contribution in [3.8, 4) is 0 Å². The molecule has 0 bridgehead atoms. The highest BCUT2D eigenvalue weighted by molar-refractivity contribution is 4.83. The predicted molar refractivity (Wildman–Crippen MR) is 74.2 cm³/mol. The maximum Gasteiger partial charge on any atom is 0.0107 e. The Hall–Kier alpha value is -0.0800. The summed E-state index contributed by atoms with van der Waals surface area (Å²) >= 11 is 0. The van der Waals surface area contributed by atoms with Crippen LogP contribution < -0.4 is 5.32 Å². The monoisotopic (exact) mass is 238 g/mol. The van der Waals surface area contributed by atoms with Gasteiger partial charge in [0, 0.05) is 19.6 Å². The second-order valence-corrected chi connectivity index (χ2v) is 6.49. The highest BCUT2D eigenvalue weighted by atomic mass is 15.1. The molecule has 1 saturated heterocycles. The first kappa shape index (κ1) is 13.4. The van der Waals surface area contributed by atoms with Crippen molar-refractivity contribution in [2.24, 2.45) is 17.8 Å². The standard InChI is InChI=1S/C15H30N2/c1-13(2)11-16-8-10-17-9-7-14-5-3-4-6-15(14)12-17/h13-16H,3-12H2,1-2H3.